The van der Waals surface area contributed by atoms with E-state index in [4.69, 9.17) is 5.73 Å². The summed E-state index contributed by atoms with van der Waals surface area (Å²) in [7, 11) is 0. The van der Waals surface area contributed by atoms with E-state index in [1.54, 1.807) is 11.5 Å². The first-order valence-corrected chi connectivity index (χ1v) is 8.55. The summed E-state index contributed by atoms with van der Waals surface area (Å²) in [6.07, 6.45) is 11.3. The number of aromatic nitrogens is 1. The maximum atomic E-state index is 6.08. The van der Waals surface area contributed by atoms with E-state index in [0.29, 0.717) is 5.41 Å². The Bertz CT molecular complexity index is 462. The molecule has 3 nitrogen and oxygen atoms in total. The Morgan fingerprint density at radius 2 is 1.79 bits per heavy atom. The molecule has 3 fully saturated rings. The summed E-state index contributed by atoms with van der Waals surface area (Å²) in [5.74, 6) is 1.53. The number of rotatable bonds is 2. The number of hydrogen-bond donors (Lipinski definition) is 1. The van der Waals surface area contributed by atoms with E-state index < -0.39 is 0 Å². The fraction of sp³-hybridized carbons (Fsp3) is 0.800. The quantitative estimate of drug-likeness (QED) is 0.895. The molecule has 2 heterocycles. The minimum absolute atomic E-state index is 0.701. The van der Waals surface area contributed by atoms with Gasteiger partial charge < -0.3 is 10.6 Å². The highest BCUT2D eigenvalue weighted by atomic mass is 32.1. The van der Waals surface area contributed by atoms with Crippen molar-refractivity contribution >= 4 is 22.4 Å². The maximum Gasteiger partial charge on any atom is 0.142 e. The molecule has 2 aliphatic carbocycles. The first kappa shape index (κ1) is 12.0. The lowest BCUT2D eigenvalue weighted by molar-refractivity contribution is 0.227. The van der Waals surface area contributed by atoms with Gasteiger partial charge in [0.05, 0.1) is 0 Å². The van der Waals surface area contributed by atoms with Crippen molar-refractivity contribution in [2.24, 2.45) is 5.41 Å². The Balaban J connectivity index is 1.52. The summed E-state index contributed by atoms with van der Waals surface area (Å²) in [5, 5.41) is 1.40. The third kappa shape index (κ3) is 2.04. The van der Waals surface area contributed by atoms with E-state index in [-0.39, 0.29) is 0 Å². The van der Waals surface area contributed by atoms with Crippen LogP contribution in [0.5, 0.6) is 0 Å². The van der Waals surface area contributed by atoms with Crippen molar-refractivity contribution in [3.8, 4) is 0 Å². The van der Waals surface area contributed by atoms with E-state index in [1.165, 1.54) is 75.0 Å². The first-order chi connectivity index (χ1) is 9.27. The molecule has 0 unspecified atom stereocenters. The van der Waals surface area contributed by atoms with Crippen LogP contribution in [-0.4, -0.2) is 17.5 Å². The average Bonchev–Trinajstić information content (AvgIpc) is 3.05. The molecule has 1 aromatic heterocycles. The van der Waals surface area contributed by atoms with Crippen LogP contribution in [0.25, 0.3) is 0 Å². The van der Waals surface area contributed by atoms with E-state index >= 15 is 0 Å². The second-order valence-electron chi connectivity index (χ2n) is 6.76. The zero-order chi connectivity index (χ0) is 12.9. The molecule has 0 atom stereocenters. The molecule has 4 heteroatoms. The second-order valence-corrected chi connectivity index (χ2v) is 7.51. The molecular weight excluding hydrogens is 254 g/mol. The highest BCUT2D eigenvalue weighted by molar-refractivity contribution is 7.10. The third-order valence-electron chi connectivity index (χ3n) is 5.50. The van der Waals surface area contributed by atoms with Gasteiger partial charge in [-0.25, -0.2) is 0 Å². The molecule has 0 amide bonds. The van der Waals surface area contributed by atoms with Crippen LogP contribution in [0.15, 0.2) is 0 Å². The van der Waals surface area contributed by atoms with E-state index in [1.807, 2.05) is 0 Å². The van der Waals surface area contributed by atoms with Crippen LogP contribution in [0.3, 0.4) is 0 Å². The van der Waals surface area contributed by atoms with Crippen molar-refractivity contribution < 1.29 is 0 Å². The Hall–Kier alpha value is -0.770. The normalized spacial score (nSPS) is 26.2. The second kappa shape index (κ2) is 4.37. The van der Waals surface area contributed by atoms with E-state index in [0.717, 1.165) is 11.7 Å². The molecule has 0 radical (unpaired) electrons. The van der Waals surface area contributed by atoms with Crippen LogP contribution >= 0.6 is 11.5 Å². The topological polar surface area (TPSA) is 42.1 Å². The molecule has 1 aromatic rings. The minimum Gasteiger partial charge on any atom is -0.383 e. The van der Waals surface area contributed by atoms with E-state index in [9.17, 15) is 0 Å². The Morgan fingerprint density at radius 3 is 2.42 bits per heavy atom. The highest BCUT2D eigenvalue weighted by Crippen LogP contribution is 2.51. The minimum atomic E-state index is 0.701. The zero-order valence-corrected chi connectivity index (χ0v) is 12.3. The van der Waals surface area contributed by atoms with Crippen molar-refractivity contribution in [2.45, 2.75) is 57.3 Å². The molecular formula is C15H23N3S. The van der Waals surface area contributed by atoms with Crippen LogP contribution in [0.1, 0.15) is 62.8 Å². The summed E-state index contributed by atoms with van der Waals surface area (Å²) in [6.45, 7) is 2.45. The van der Waals surface area contributed by atoms with Gasteiger partial charge >= 0.3 is 0 Å². The van der Waals surface area contributed by atoms with Gasteiger partial charge in [0.2, 0.25) is 0 Å². The summed E-state index contributed by atoms with van der Waals surface area (Å²) in [5.41, 5.74) is 8.16. The molecule has 2 N–H and O–H groups in total. The molecule has 19 heavy (non-hydrogen) atoms. The third-order valence-corrected chi connectivity index (χ3v) is 6.44. The standard InChI is InChI=1S/C15H23N3S/c16-13-12(11-3-4-11)14(19-17-13)18-9-7-15(8-10-18)5-1-2-6-15/h11H,1-10H2,(H2,16,17). The number of nitrogens with two attached hydrogens (primary N) is 1. The first-order valence-electron chi connectivity index (χ1n) is 7.77. The molecule has 1 spiro atoms. The van der Waals surface area contributed by atoms with Crippen molar-refractivity contribution in [2.75, 3.05) is 23.7 Å². The number of anilines is 2. The van der Waals surface area contributed by atoms with Gasteiger partial charge in [-0.05, 0) is 61.4 Å². The van der Waals surface area contributed by atoms with E-state index in [2.05, 4.69) is 9.27 Å². The largest absolute Gasteiger partial charge is 0.383 e. The number of hydrogen-bond acceptors (Lipinski definition) is 4. The van der Waals surface area contributed by atoms with Crippen molar-refractivity contribution in [3.63, 3.8) is 0 Å². The van der Waals surface area contributed by atoms with Crippen LogP contribution < -0.4 is 10.6 Å². The lowest BCUT2D eigenvalue weighted by Gasteiger charge is -2.40. The molecule has 3 aliphatic rings. The van der Waals surface area contributed by atoms with Crippen LogP contribution in [0.4, 0.5) is 10.8 Å². The van der Waals surface area contributed by atoms with Gasteiger partial charge in [0, 0.05) is 18.7 Å². The number of nitrogens with zero attached hydrogens (tertiary/aromatic N) is 2. The SMILES string of the molecule is Nc1nsc(N2CCC3(CCCC3)CC2)c1C1CC1. The smallest absolute Gasteiger partial charge is 0.142 e. The van der Waals surface area contributed by atoms with Gasteiger partial charge in [0.25, 0.3) is 0 Å². The Kier molecular flexibility index (Phi) is 2.76. The Labute approximate surface area is 119 Å². The van der Waals surface area contributed by atoms with Gasteiger partial charge in [-0.1, -0.05) is 12.8 Å². The molecule has 1 saturated heterocycles. The summed E-state index contributed by atoms with van der Waals surface area (Å²) in [6, 6.07) is 0. The van der Waals surface area contributed by atoms with Gasteiger partial charge in [0.15, 0.2) is 0 Å². The van der Waals surface area contributed by atoms with Crippen LogP contribution in [0, 0.1) is 5.41 Å². The van der Waals surface area contributed by atoms with Crippen LogP contribution in [0.2, 0.25) is 0 Å². The molecule has 0 bridgehead atoms. The highest BCUT2D eigenvalue weighted by Gasteiger charge is 2.39. The maximum absolute atomic E-state index is 6.08. The fourth-order valence-corrected chi connectivity index (χ4v) is 5.04. The average molecular weight is 277 g/mol. The summed E-state index contributed by atoms with van der Waals surface area (Å²) < 4.78 is 4.42. The van der Waals surface area contributed by atoms with Crippen molar-refractivity contribution in [3.05, 3.63) is 5.56 Å². The monoisotopic (exact) mass is 277 g/mol. The van der Waals surface area contributed by atoms with Crippen molar-refractivity contribution in [1.29, 1.82) is 0 Å². The molecule has 1 aliphatic heterocycles. The van der Waals surface area contributed by atoms with Gasteiger partial charge in [-0.15, -0.1) is 0 Å². The lowest BCUT2D eigenvalue weighted by atomic mass is 9.77. The van der Waals surface area contributed by atoms with Crippen LogP contribution in [-0.2, 0) is 0 Å². The molecule has 104 valence electrons. The summed E-state index contributed by atoms with van der Waals surface area (Å²) >= 11 is 1.63. The summed E-state index contributed by atoms with van der Waals surface area (Å²) in [4.78, 5) is 2.57. The van der Waals surface area contributed by atoms with Gasteiger partial charge in [-0.2, -0.15) is 4.37 Å². The number of nitrogen functional groups attached to an aromatic ring is 1. The van der Waals surface area contributed by atoms with Gasteiger partial charge in [0.1, 0.15) is 10.8 Å². The lowest BCUT2D eigenvalue weighted by Crippen LogP contribution is -2.38. The zero-order valence-electron chi connectivity index (χ0n) is 11.5. The molecule has 2 saturated carbocycles. The van der Waals surface area contributed by atoms with Crippen molar-refractivity contribution in [1.82, 2.24) is 4.37 Å². The Morgan fingerprint density at radius 1 is 1.11 bits per heavy atom. The fourth-order valence-electron chi connectivity index (χ4n) is 4.09. The molecule has 0 aromatic carbocycles. The predicted molar refractivity (Wildman–Crippen MR) is 80.8 cm³/mol. The predicted octanol–water partition coefficient (Wildman–Crippen LogP) is 3.76. The number of piperidine rings is 1. The molecule has 4 rings (SSSR count). The van der Waals surface area contributed by atoms with Gasteiger partial charge in [-0.3, -0.25) is 0 Å².